The first-order chi connectivity index (χ1) is 8.43. The molecular formula is C12H15N3O2S. The molecule has 0 spiro atoms. The molecule has 1 aromatic heterocycles. The number of aromatic nitrogens is 2. The van der Waals surface area contributed by atoms with Crippen molar-refractivity contribution in [3.63, 3.8) is 0 Å². The molecule has 0 atom stereocenters. The van der Waals surface area contributed by atoms with E-state index in [0.29, 0.717) is 11.4 Å². The Hall–Kier alpha value is -1.66. The van der Waals surface area contributed by atoms with E-state index in [0.717, 1.165) is 17.1 Å². The predicted octanol–water partition coefficient (Wildman–Crippen LogP) is 0.949. The van der Waals surface area contributed by atoms with Crippen LogP contribution in [0.25, 0.3) is 11.3 Å². The fourth-order valence-corrected chi connectivity index (χ4v) is 2.41. The predicted molar refractivity (Wildman–Crippen MR) is 69.6 cm³/mol. The molecule has 0 bridgehead atoms. The van der Waals surface area contributed by atoms with Crippen LogP contribution in [0.1, 0.15) is 5.82 Å². The highest BCUT2D eigenvalue weighted by Crippen LogP contribution is 2.21. The first-order valence-corrected chi connectivity index (χ1v) is 7.34. The quantitative estimate of drug-likeness (QED) is 0.896. The molecule has 2 rings (SSSR count). The SMILES string of the molecule is Cn1c(-c2ccc(S(C)(=O)=O)cc2)cnc1CN. The van der Waals surface area contributed by atoms with Gasteiger partial charge >= 0.3 is 0 Å². The van der Waals surface area contributed by atoms with Crippen LogP contribution >= 0.6 is 0 Å². The molecule has 0 amide bonds. The van der Waals surface area contributed by atoms with Crippen molar-refractivity contribution in [3.8, 4) is 11.3 Å². The molecule has 2 aromatic rings. The van der Waals surface area contributed by atoms with E-state index in [1.807, 2.05) is 11.6 Å². The van der Waals surface area contributed by atoms with E-state index in [1.165, 1.54) is 6.26 Å². The lowest BCUT2D eigenvalue weighted by Gasteiger charge is -2.05. The second-order valence-electron chi connectivity index (χ2n) is 4.12. The van der Waals surface area contributed by atoms with Crippen LogP contribution in [0.15, 0.2) is 35.4 Å². The van der Waals surface area contributed by atoms with Gasteiger partial charge in [-0.15, -0.1) is 0 Å². The summed E-state index contributed by atoms with van der Waals surface area (Å²) in [7, 11) is -1.27. The lowest BCUT2D eigenvalue weighted by Crippen LogP contribution is -2.05. The molecule has 1 aromatic carbocycles. The third kappa shape index (κ3) is 2.30. The molecule has 96 valence electrons. The van der Waals surface area contributed by atoms with E-state index in [-0.39, 0.29) is 0 Å². The van der Waals surface area contributed by atoms with Gasteiger partial charge in [-0.1, -0.05) is 12.1 Å². The summed E-state index contributed by atoms with van der Waals surface area (Å²) in [6.07, 6.45) is 2.93. The third-order valence-corrected chi connectivity index (χ3v) is 3.97. The van der Waals surface area contributed by atoms with Crippen molar-refractivity contribution in [3.05, 3.63) is 36.3 Å². The summed E-state index contributed by atoms with van der Waals surface area (Å²) in [5.41, 5.74) is 7.39. The lowest BCUT2D eigenvalue weighted by atomic mass is 10.2. The van der Waals surface area contributed by atoms with Gasteiger partial charge in [0.05, 0.1) is 23.3 Å². The Labute approximate surface area is 106 Å². The van der Waals surface area contributed by atoms with E-state index in [9.17, 15) is 8.42 Å². The minimum absolute atomic E-state index is 0.312. The van der Waals surface area contributed by atoms with Gasteiger partial charge < -0.3 is 10.3 Å². The minimum atomic E-state index is -3.15. The Morgan fingerprint density at radius 1 is 1.28 bits per heavy atom. The van der Waals surface area contributed by atoms with Gasteiger partial charge in [0, 0.05) is 13.3 Å². The first-order valence-electron chi connectivity index (χ1n) is 5.44. The number of nitrogens with zero attached hydrogens (tertiary/aromatic N) is 2. The van der Waals surface area contributed by atoms with Crippen molar-refractivity contribution >= 4 is 9.84 Å². The molecule has 5 nitrogen and oxygen atoms in total. The molecule has 6 heteroatoms. The number of rotatable bonds is 3. The van der Waals surface area contributed by atoms with Crippen LogP contribution in [0, 0.1) is 0 Å². The average Bonchev–Trinajstić information content (AvgIpc) is 2.69. The summed E-state index contributed by atoms with van der Waals surface area (Å²) in [6.45, 7) is 0.373. The number of hydrogen-bond donors (Lipinski definition) is 1. The standard InChI is InChI=1S/C12H15N3O2S/c1-15-11(8-14-12(15)7-13)9-3-5-10(6-4-9)18(2,16)17/h3-6,8H,7,13H2,1-2H3. The van der Waals surface area contributed by atoms with E-state index in [4.69, 9.17) is 5.73 Å². The van der Waals surface area contributed by atoms with Gasteiger partial charge in [-0.3, -0.25) is 0 Å². The first kappa shape index (κ1) is 12.8. The highest BCUT2D eigenvalue weighted by molar-refractivity contribution is 7.90. The summed E-state index contributed by atoms with van der Waals surface area (Å²) in [4.78, 5) is 4.51. The molecular weight excluding hydrogens is 250 g/mol. The Bertz CT molecular complexity index is 657. The number of nitrogens with two attached hydrogens (primary N) is 1. The van der Waals surface area contributed by atoms with Crippen molar-refractivity contribution in [1.82, 2.24) is 9.55 Å². The highest BCUT2D eigenvalue weighted by atomic mass is 32.2. The third-order valence-electron chi connectivity index (χ3n) is 2.85. The number of sulfone groups is 1. The fraction of sp³-hybridized carbons (Fsp3) is 0.250. The number of hydrogen-bond acceptors (Lipinski definition) is 4. The van der Waals surface area contributed by atoms with E-state index in [1.54, 1.807) is 30.5 Å². The molecule has 0 unspecified atom stereocenters. The molecule has 0 aliphatic carbocycles. The Morgan fingerprint density at radius 2 is 1.89 bits per heavy atom. The van der Waals surface area contributed by atoms with Gasteiger partial charge in [-0.25, -0.2) is 13.4 Å². The maximum absolute atomic E-state index is 11.4. The second kappa shape index (κ2) is 4.55. The van der Waals surface area contributed by atoms with E-state index < -0.39 is 9.84 Å². The van der Waals surface area contributed by atoms with Gasteiger partial charge in [0.25, 0.3) is 0 Å². The average molecular weight is 265 g/mol. The summed E-state index contributed by atoms with van der Waals surface area (Å²) < 4.78 is 24.6. The van der Waals surface area contributed by atoms with Crippen molar-refractivity contribution in [2.75, 3.05) is 6.26 Å². The molecule has 1 heterocycles. The second-order valence-corrected chi connectivity index (χ2v) is 6.14. The Balaban J connectivity index is 2.43. The summed E-state index contributed by atoms with van der Waals surface area (Å²) in [5, 5.41) is 0. The lowest BCUT2D eigenvalue weighted by molar-refractivity contribution is 0.602. The van der Waals surface area contributed by atoms with Crippen molar-refractivity contribution in [1.29, 1.82) is 0 Å². The summed E-state index contributed by atoms with van der Waals surface area (Å²) in [6, 6.07) is 6.74. The fourth-order valence-electron chi connectivity index (χ4n) is 1.78. The maximum Gasteiger partial charge on any atom is 0.175 e. The van der Waals surface area contributed by atoms with Crippen molar-refractivity contribution < 1.29 is 8.42 Å². The summed E-state index contributed by atoms with van der Waals surface area (Å²) in [5.74, 6) is 0.789. The van der Waals surface area contributed by atoms with Gasteiger partial charge in [-0.2, -0.15) is 0 Å². The van der Waals surface area contributed by atoms with Crippen LogP contribution in [0.2, 0.25) is 0 Å². The highest BCUT2D eigenvalue weighted by Gasteiger charge is 2.10. The van der Waals surface area contributed by atoms with Gasteiger partial charge in [-0.05, 0) is 17.7 Å². The zero-order chi connectivity index (χ0) is 13.3. The van der Waals surface area contributed by atoms with Crippen molar-refractivity contribution in [2.45, 2.75) is 11.4 Å². The monoisotopic (exact) mass is 265 g/mol. The van der Waals surface area contributed by atoms with Crippen LogP contribution in [-0.2, 0) is 23.4 Å². The Kier molecular flexibility index (Phi) is 3.23. The maximum atomic E-state index is 11.4. The molecule has 2 N–H and O–H groups in total. The van der Waals surface area contributed by atoms with Crippen LogP contribution in [-0.4, -0.2) is 24.2 Å². The largest absolute Gasteiger partial charge is 0.330 e. The van der Waals surface area contributed by atoms with Crippen LogP contribution < -0.4 is 5.73 Å². The molecule has 0 aliphatic heterocycles. The van der Waals surface area contributed by atoms with Gasteiger partial charge in [0.1, 0.15) is 5.82 Å². The molecule has 0 saturated carbocycles. The van der Waals surface area contributed by atoms with Crippen molar-refractivity contribution in [2.24, 2.45) is 12.8 Å². The smallest absolute Gasteiger partial charge is 0.175 e. The van der Waals surface area contributed by atoms with Gasteiger partial charge in [0.15, 0.2) is 9.84 Å². The molecule has 0 saturated heterocycles. The van der Waals surface area contributed by atoms with Crippen LogP contribution in [0.3, 0.4) is 0 Å². The topological polar surface area (TPSA) is 78.0 Å². The normalized spacial score (nSPS) is 11.7. The molecule has 0 radical (unpaired) electrons. The molecule has 0 fully saturated rings. The molecule has 18 heavy (non-hydrogen) atoms. The Morgan fingerprint density at radius 3 is 2.33 bits per heavy atom. The van der Waals surface area contributed by atoms with Crippen LogP contribution in [0.4, 0.5) is 0 Å². The number of imidazole rings is 1. The van der Waals surface area contributed by atoms with E-state index in [2.05, 4.69) is 4.98 Å². The minimum Gasteiger partial charge on any atom is -0.330 e. The van der Waals surface area contributed by atoms with Gasteiger partial charge in [0.2, 0.25) is 0 Å². The molecule has 0 aliphatic rings. The zero-order valence-electron chi connectivity index (χ0n) is 10.3. The zero-order valence-corrected chi connectivity index (χ0v) is 11.1. The number of benzene rings is 1. The van der Waals surface area contributed by atoms with Crippen LogP contribution in [0.5, 0.6) is 0 Å². The summed E-state index contributed by atoms with van der Waals surface area (Å²) >= 11 is 0. The van der Waals surface area contributed by atoms with E-state index >= 15 is 0 Å².